The van der Waals surface area contributed by atoms with Crippen LogP contribution in [0.1, 0.15) is 20.3 Å². The molecule has 110 valence electrons. The number of ether oxygens (including phenoxy) is 1. The number of carbonyl (C=O) groups excluding carboxylic acids is 1. The molecule has 0 heterocycles. The molecule has 0 spiro atoms. The number of amidine groups is 1. The topological polar surface area (TPSA) is 53.9 Å². The summed E-state index contributed by atoms with van der Waals surface area (Å²) in [5.41, 5.74) is 1.43. The summed E-state index contributed by atoms with van der Waals surface area (Å²) in [5.74, 6) is 0.706. The second-order valence-corrected chi connectivity index (χ2v) is 4.67. The molecule has 0 atom stereocenters. The summed E-state index contributed by atoms with van der Waals surface area (Å²) in [6.07, 6.45) is 0.899. The number of hydrogen-bond donors (Lipinski definition) is 1. The fourth-order valence-corrected chi connectivity index (χ4v) is 1.45. The summed E-state index contributed by atoms with van der Waals surface area (Å²) < 4.78 is 5.22. The Morgan fingerprint density at radius 1 is 1.35 bits per heavy atom. The molecule has 0 aromatic heterocycles. The lowest BCUT2D eigenvalue weighted by Crippen LogP contribution is -2.19. The Bertz CT molecular complexity index is 470. The molecule has 0 unspecified atom stereocenters. The van der Waals surface area contributed by atoms with E-state index in [1.54, 1.807) is 0 Å². The van der Waals surface area contributed by atoms with Crippen molar-refractivity contribution in [2.75, 3.05) is 32.6 Å². The number of rotatable bonds is 6. The molecule has 5 heteroatoms. The predicted octanol–water partition coefficient (Wildman–Crippen LogP) is 2.66. The van der Waals surface area contributed by atoms with Crippen molar-refractivity contribution in [3.05, 3.63) is 24.3 Å². The van der Waals surface area contributed by atoms with Crippen molar-refractivity contribution in [1.29, 1.82) is 0 Å². The van der Waals surface area contributed by atoms with Crippen molar-refractivity contribution in [3.63, 3.8) is 0 Å². The van der Waals surface area contributed by atoms with Gasteiger partial charge < -0.3 is 15.0 Å². The van der Waals surface area contributed by atoms with Gasteiger partial charge in [-0.15, -0.1) is 0 Å². The number of hydrogen-bond acceptors (Lipinski definition) is 3. The molecule has 1 aromatic rings. The van der Waals surface area contributed by atoms with E-state index in [1.165, 1.54) is 0 Å². The van der Waals surface area contributed by atoms with E-state index in [2.05, 4.69) is 10.3 Å². The fraction of sp³-hybridized carbons (Fsp3) is 0.467. The first-order chi connectivity index (χ1) is 9.54. The van der Waals surface area contributed by atoms with E-state index in [1.807, 2.05) is 57.1 Å². The fourth-order valence-electron chi connectivity index (χ4n) is 1.45. The van der Waals surface area contributed by atoms with Gasteiger partial charge in [-0.3, -0.25) is 4.79 Å². The van der Waals surface area contributed by atoms with Gasteiger partial charge in [-0.05, 0) is 25.5 Å². The van der Waals surface area contributed by atoms with Gasteiger partial charge in [0.2, 0.25) is 5.91 Å². The van der Waals surface area contributed by atoms with Crippen LogP contribution < -0.4 is 5.32 Å². The average Bonchev–Trinajstić information content (AvgIpc) is 2.41. The van der Waals surface area contributed by atoms with Crippen LogP contribution in [0.5, 0.6) is 0 Å². The number of benzene rings is 1. The normalized spacial score (nSPS) is 11.3. The van der Waals surface area contributed by atoms with Crippen LogP contribution in [-0.2, 0) is 9.53 Å². The molecule has 20 heavy (non-hydrogen) atoms. The molecule has 1 amide bonds. The van der Waals surface area contributed by atoms with Crippen molar-refractivity contribution in [1.82, 2.24) is 4.90 Å². The van der Waals surface area contributed by atoms with E-state index in [-0.39, 0.29) is 12.5 Å². The third-order valence-electron chi connectivity index (χ3n) is 2.69. The van der Waals surface area contributed by atoms with Crippen molar-refractivity contribution in [3.8, 4) is 0 Å². The van der Waals surface area contributed by atoms with Crippen LogP contribution in [-0.4, -0.2) is 44.0 Å². The van der Waals surface area contributed by atoms with Crippen LogP contribution in [0.2, 0.25) is 0 Å². The third-order valence-corrected chi connectivity index (χ3v) is 2.69. The average molecular weight is 277 g/mol. The van der Waals surface area contributed by atoms with Gasteiger partial charge in [0.1, 0.15) is 12.4 Å². The van der Waals surface area contributed by atoms with Crippen molar-refractivity contribution >= 4 is 23.1 Å². The zero-order valence-corrected chi connectivity index (χ0v) is 12.6. The molecule has 0 fully saturated rings. The van der Waals surface area contributed by atoms with E-state index in [0.717, 1.165) is 17.9 Å². The van der Waals surface area contributed by atoms with E-state index in [4.69, 9.17) is 4.74 Å². The second kappa shape index (κ2) is 8.32. The molecule has 0 aliphatic carbocycles. The maximum atomic E-state index is 11.8. The first-order valence-corrected chi connectivity index (χ1v) is 6.73. The number of anilines is 1. The van der Waals surface area contributed by atoms with Gasteiger partial charge in [-0.2, -0.15) is 0 Å². The quantitative estimate of drug-likeness (QED) is 0.494. The van der Waals surface area contributed by atoms with Crippen LogP contribution in [0.25, 0.3) is 0 Å². The summed E-state index contributed by atoms with van der Waals surface area (Å²) in [7, 11) is 3.86. The first-order valence-electron chi connectivity index (χ1n) is 6.73. The lowest BCUT2D eigenvalue weighted by molar-refractivity contribution is -0.120. The number of nitrogens with zero attached hydrogens (tertiary/aromatic N) is 2. The zero-order chi connectivity index (χ0) is 15.0. The minimum Gasteiger partial charge on any atom is -0.372 e. The first kappa shape index (κ1) is 16.2. The number of amides is 1. The maximum absolute atomic E-state index is 11.8. The van der Waals surface area contributed by atoms with E-state index in [0.29, 0.717) is 12.3 Å². The van der Waals surface area contributed by atoms with Gasteiger partial charge in [0, 0.05) is 20.7 Å². The van der Waals surface area contributed by atoms with Gasteiger partial charge in [0.15, 0.2) is 0 Å². The number of para-hydroxylation sites is 2. The summed E-state index contributed by atoms with van der Waals surface area (Å²) in [5, 5.41) is 2.82. The standard InChI is InChI=1S/C15H23N3O2/c1-5-10-20-11-15(19)17-14-9-7-6-8-13(14)16-12(2)18(3)4/h6-9H,5,10-11H2,1-4H3,(H,17,19)/b16-12+. The van der Waals surface area contributed by atoms with Crippen LogP contribution in [0, 0.1) is 0 Å². The third kappa shape index (κ3) is 5.40. The second-order valence-electron chi connectivity index (χ2n) is 4.67. The molecule has 0 saturated heterocycles. The molecular weight excluding hydrogens is 254 g/mol. The summed E-state index contributed by atoms with van der Waals surface area (Å²) in [6, 6.07) is 7.46. The Labute approximate surface area is 120 Å². The van der Waals surface area contributed by atoms with E-state index in [9.17, 15) is 4.79 Å². The predicted molar refractivity (Wildman–Crippen MR) is 82.6 cm³/mol. The molecular formula is C15H23N3O2. The van der Waals surface area contributed by atoms with Gasteiger partial charge in [-0.25, -0.2) is 4.99 Å². The largest absolute Gasteiger partial charge is 0.372 e. The Hall–Kier alpha value is -1.88. The summed E-state index contributed by atoms with van der Waals surface area (Å²) in [4.78, 5) is 18.2. The molecule has 0 aliphatic heterocycles. The number of aliphatic imine (C=N–C) groups is 1. The number of nitrogens with one attached hydrogen (secondary N) is 1. The minimum atomic E-state index is -0.163. The molecule has 0 aliphatic rings. The smallest absolute Gasteiger partial charge is 0.250 e. The monoisotopic (exact) mass is 277 g/mol. The Morgan fingerprint density at radius 2 is 2.05 bits per heavy atom. The molecule has 0 radical (unpaired) electrons. The molecule has 0 saturated carbocycles. The highest BCUT2D eigenvalue weighted by Crippen LogP contribution is 2.24. The molecule has 0 bridgehead atoms. The van der Waals surface area contributed by atoms with Gasteiger partial charge >= 0.3 is 0 Å². The summed E-state index contributed by atoms with van der Waals surface area (Å²) in [6.45, 7) is 4.58. The van der Waals surface area contributed by atoms with Crippen LogP contribution >= 0.6 is 0 Å². The number of carbonyl (C=O) groups is 1. The van der Waals surface area contributed by atoms with Gasteiger partial charge in [-0.1, -0.05) is 19.1 Å². The molecule has 5 nitrogen and oxygen atoms in total. The van der Waals surface area contributed by atoms with Gasteiger partial charge in [0.05, 0.1) is 11.4 Å². The van der Waals surface area contributed by atoms with E-state index >= 15 is 0 Å². The Morgan fingerprint density at radius 3 is 2.70 bits per heavy atom. The highest BCUT2D eigenvalue weighted by molar-refractivity contribution is 5.95. The van der Waals surface area contributed by atoms with Crippen LogP contribution in [0.4, 0.5) is 11.4 Å². The lowest BCUT2D eigenvalue weighted by Gasteiger charge is -2.13. The van der Waals surface area contributed by atoms with Crippen molar-refractivity contribution in [2.24, 2.45) is 4.99 Å². The molecule has 1 rings (SSSR count). The van der Waals surface area contributed by atoms with Crippen LogP contribution in [0.3, 0.4) is 0 Å². The maximum Gasteiger partial charge on any atom is 0.250 e. The Kier molecular flexibility index (Phi) is 6.73. The van der Waals surface area contributed by atoms with E-state index < -0.39 is 0 Å². The highest BCUT2D eigenvalue weighted by Gasteiger charge is 2.06. The zero-order valence-electron chi connectivity index (χ0n) is 12.6. The highest BCUT2D eigenvalue weighted by atomic mass is 16.5. The van der Waals surface area contributed by atoms with Gasteiger partial charge in [0.25, 0.3) is 0 Å². The minimum absolute atomic E-state index is 0.0680. The SMILES string of the molecule is CCCOCC(=O)Nc1ccccc1/N=C(\C)N(C)C. The summed E-state index contributed by atoms with van der Waals surface area (Å²) >= 11 is 0. The van der Waals surface area contributed by atoms with Crippen molar-refractivity contribution in [2.45, 2.75) is 20.3 Å². The molecule has 1 aromatic carbocycles. The lowest BCUT2D eigenvalue weighted by atomic mass is 10.2. The molecule has 1 N–H and O–H groups in total. The van der Waals surface area contributed by atoms with Crippen LogP contribution in [0.15, 0.2) is 29.3 Å². The Balaban J connectivity index is 2.75. The van der Waals surface area contributed by atoms with Crippen molar-refractivity contribution < 1.29 is 9.53 Å².